The minimum atomic E-state index is -3.78. The number of hydrogen-bond donors (Lipinski definition) is 2. The molecule has 3 N–H and O–H groups in total. The predicted molar refractivity (Wildman–Crippen MR) is 72.1 cm³/mol. The number of rotatable bonds is 5. The first kappa shape index (κ1) is 14.2. The van der Waals surface area contributed by atoms with Gasteiger partial charge in [-0.1, -0.05) is 0 Å². The predicted octanol–water partition coefficient (Wildman–Crippen LogP) is 1.41. The van der Waals surface area contributed by atoms with Gasteiger partial charge in [-0.05, 0) is 26.0 Å². The molecule has 104 valence electrons. The van der Waals surface area contributed by atoms with Crippen LogP contribution in [0.3, 0.4) is 0 Å². The monoisotopic (exact) mass is 301 g/mol. The second kappa shape index (κ2) is 5.04. The highest BCUT2D eigenvalue weighted by molar-refractivity contribution is 7.89. The summed E-state index contributed by atoms with van der Waals surface area (Å²) in [5.41, 5.74) is -0.317. The van der Waals surface area contributed by atoms with Gasteiger partial charge in [-0.2, -0.15) is 0 Å². The largest absolute Gasteiger partial charge is 0.447 e. The number of aromatic nitrogens is 1. The van der Waals surface area contributed by atoms with Gasteiger partial charge in [0.25, 0.3) is 10.0 Å². The molecule has 0 amide bonds. The molecule has 6 nitrogen and oxygen atoms in total. The average Bonchev–Trinajstić information content (AvgIpc) is 2.97. The smallest absolute Gasteiger partial charge is 0.271 e. The lowest BCUT2D eigenvalue weighted by molar-refractivity contribution is 0.348. The highest BCUT2D eigenvalue weighted by Gasteiger charge is 2.23. The molecule has 0 bridgehead atoms. The third-order valence-corrected chi connectivity index (χ3v) is 4.47. The lowest BCUT2D eigenvalue weighted by atomic mass is 10.1. The number of furan rings is 1. The standard InChI is InChI=1S/C11H15N3O3S2/c1-11(2,10-13-5-6-18-10)14-7-8-3-4-9(17-8)19(12,15)16/h3-6,14H,7H2,1-2H3,(H2,12,15,16). The summed E-state index contributed by atoms with van der Waals surface area (Å²) in [6.45, 7) is 4.38. The lowest BCUT2D eigenvalue weighted by Gasteiger charge is -2.23. The first-order valence-electron chi connectivity index (χ1n) is 5.55. The third-order valence-electron chi connectivity index (χ3n) is 2.59. The molecule has 0 unspecified atom stereocenters. The maximum absolute atomic E-state index is 11.1. The summed E-state index contributed by atoms with van der Waals surface area (Å²) in [7, 11) is -3.78. The Labute approximate surface area is 115 Å². The molecule has 0 radical (unpaired) electrons. The fourth-order valence-electron chi connectivity index (χ4n) is 1.52. The van der Waals surface area contributed by atoms with E-state index in [0.29, 0.717) is 12.3 Å². The van der Waals surface area contributed by atoms with E-state index < -0.39 is 10.0 Å². The van der Waals surface area contributed by atoms with Crippen LogP contribution in [0.5, 0.6) is 0 Å². The number of nitrogens with one attached hydrogen (secondary N) is 1. The van der Waals surface area contributed by atoms with Crippen LogP contribution in [-0.4, -0.2) is 13.4 Å². The van der Waals surface area contributed by atoms with E-state index in [2.05, 4.69) is 10.3 Å². The van der Waals surface area contributed by atoms with Crippen molar-refractivity contribution >= 4 is 21.4 Å². The fraction of sp³-hybridized carbons (Fsp3) is 0.364. The number of hydrogen-bond acceptors (Lipinski definition) is 6. The molecule has 0 atom stereocenters. The van der Waals surface area contributed by atoms with Crippen molar-refractivity contribution in [1.29, 1.82) is 0 Å². The van der Waals surface area contributed by atoms with E-state index in [1.165, 1.54) is 6.07 Å². The van der Waals surface area contributed by atoms with Crippen LogP contribution in [0, 0.1) is 0 Å². The van der Waals surface area contributed by atoms with Gasteiger partial charge in [-0.3, -0.25) is 5.32 Å². The molecule has 2 heterocycles. The van der Waals surface area contributed by atoms with Crippen LogP contribution in [0.1, 0.15) is 24.6 Å². The van der Waals surface area contributed by atoms with E-state index in [-0.39, 0.29) is 10.6 Å². The fourth-order valence-corrected chi connectivity index (χ4v) is 2.74. The van der Waals surface area contributed by atoms with Crippen molar-refractivity contribution in [2.24, 2.45) is 5.14 Å². The van der Waals surface area contributed by atoms with Crippen molar-refractivity contribution in [3.8, 4) is 0 Å². The first-order valence-corrected chi connectivity index (χ1v) is 7.98. The van der Waals surface area contributed by atoms with Crippen molar-refractivity contribution in [2.75, 3.05) is 0 Å². The molecular weight excluding hydrogens is 286 g/mol. The van der Waals surface area contributed by atoms with Gasteiger partial charge in [0.2, 0.25) is 5.09 Å². The van der Waals surface area contributed by atoms with E-state index >= 15 is 0 Å². The molecule has 0 saturated heterocycles. The topological polar surface area (TPSA) is 98.2 Å². The molecule has 0 spiro atoms. The van der Waals surface area contributed by atoms with Crippen LogP contribution in [0.15, 0.2) is 33.2 Å². The maximum atomic E-state index is 11.1. The van der Waals surface area contributed by atoms with Crippen molar-refractivity contribution in [3.63, 3.8) is 0 Å². The van der Waals surface area contributed by atoms with Gasteiger partial charge in [-0.15, -0.1) is 11.3 Å². The molecule has 2 aromatic rings. The van der Waals surface area contributed by atoms with Crippen LogP contribution in [-0.2, 0) is 22.1 Å². The van der Waals surface area contributed by atoms with Crippen molar-refractivity contribution in [1.82, 2.24) is 10.3 Å². The van der Waals surface area contributed by atoms with Gasteiger partial charge in [0.15, 0.2) is 0 Å². The number of nitrogens with zero attached hydrogens (tertiary/aromatic N) is 1. The Morgan fingerprint density at radius 2 is 2.21 bits per heavy atom. The van der Waals surface area contributed by atoms with Crippen LogP contribution in [0.4, 0.5) is 0 Å². The molecule has 2 rings (SSSR count). The van der Waals surface area contributed by atoms with Crippen molar-refractivity contribution in [3.05, 3.63) is 34.5 Å². The Balaban J connectivity index is 2.05. The minimum Gasteiger partial charge on any atom is -0.447 e. The Morgan fingerprint density at radius 1 is 1.47 bits per heavy atom. The molecule has 0 aliphatic carbocycles. The van der Waals surface area contributed by atoms with Crippen LogP contribution >= 0.6 is 11.3 Å². The van der Waals surface area contributed by atoms with E-state index in [9.17, 15) is 8.42 Å². The van der Waals surface area contributed by atoms with E-state index in [0.717, 1.165) is 5.01 Å². The quantitative estimate of drug-likeness (QED) is 0.870. The number of thiazole rings is 1. The Hall–Kier alpha value is -1.22. The summed E-state index contributed by atoms with van der Waals surface area (Å²) >= 11 is 1.55. The number of sulfonamides is 1. The van der Waals surface area contributed by atoms with Gasteiger partial charge in [-0.25, -0.2) is 18.5 Å². The molecule has 0 fully saturated rings. The SMILES string of the molecule is CC(C)(NCc1ccc(S(N)(=O)=O)o1)c1nccs1. The van der Waals surface area contributed by atoms with Gasteiger partial charge in [0, 0.05) is 11.6 Å². The summed E-state index contributed by atoms with van der Waals surface area (Å²) in [4.78, 5) is 4.25. The normalized spacial score (nSPS) is 12.8. The van der Waals surface area contributed by atoms with Crippen LogP contribution in [0.25, 0.3) is 0 Å². The van der Waals surface area contributed by atoms with Crippen LogP contribution in [0.2, 0.25) is 0 Å². The Bertz CT molecular complexity index is 645. The Morgan fingerprint density at radius 3 is 2.74 bits per heavy atom. The van der Waals surface area contributed by atoms with E-state index in [4.69, 9.17) is 9.56 Å². The molecule has 2 aromatic heterocycles. The first-order chi connectivity index (χ1) is 8.79. The minimum absolute atomic E-state index is 0.226. The maximum Gasteiger partial charge on any atom is 0.271 e. The molecule has 0 aliphatic heterocycles. The lowest BCUT2D eigenvalue weighted by Crippen LogP contribution is -2.35. The highest BCUT2D eigenvalue weighted by atomic mass is 32.2. The summed E-state index contributed by atoms with van der Waals surface area (Å²) in [5, 5.41) is 10.9. The third kappa shape index (κ3) is 3.41. The molecule has 19 heavy (non-hydrogen) atoms. The van der Waals surface area contributed by atoms with Gasteiger partial charge < -0.3 is 4.42 Å². The second-order valence-corrected chi connectivity index (χ2v) is 6.97. The molecule has 8 heteroatoms. The zero-order valence-electron chi connectivity index (χ0n) is 10.6. The van der Waals surface area contributed by atoms with E-state index in [1.54, 1.807) is 23.6 Å². The molecule has 0 aliphatic rings. The van der Waals surface area contributed by atoms with Crippen molar-refractivity contribution in [2.45, 2.75) is 31.0 Å². The van der Waals surface area contributed by atoms with Crippen LogP contribution < -0.4 is 10.5 Å². The van der Waals surface area contributed by atoms with Gasteiger partial charge in [0.1, 0.15) is 10.8 Å². The van der Waals surface area contributed by atoms with E-state index in [1.807, 2.05) is 19.2 Å². The average molecular weight is 301 g/mol. The Kier molecular flexibility index (Phi) is 3.77. The van der Waals surface area contributed by atoms with Gasteiger partial charge >= 0.3 is 0 Å². The summed E-state index contributed by atoms with van der Waals surface area (Å²) in [6.07, 6.45) is 1.75. The molecular formula is C11H15N3O3S2. The number of nitrogens with two attached hydrogens (primary N) is 1. The zero-order chi connectivity index (χ0) is 14.1. The highest BCUT2D eigenvalue weighted by Crippen LogP contribution is 2.23. The molecule has 0 saturated carbocycles. The summed E-state index contributed by atoms with van der Waals surface area (Å²) in [5.74, 6) is 0.508. The van der Waals surface area contributed by atoms with Gasteiger partial charge in [0.05, 0.1) is 12.1 Å². The van der Waals surface area contributed by atoms with Crippen molar-refractivity contribution < 1.29 is 12.8 Å². The molecule has 0 aromatic carbocycles. The number of primary sulfonamides is 1. The summed E-state index contributed by atoms with van der Waals surface area (Å²) in [6, 6.07) is 2.94. The second-order valence-electron chi connectivity index (χ2n) is 4.58. The summed E-state index contributed by atoms with van der Waals surface area (Å²) < 4.78 is 27.3. The zero-order valence-corrected chi connectivity index (χ0v) is 12.2.